The normalized spacial score (nSPS) is 17.1. The van der Waals surface area contributed by atoms with Crippen molar-refractivity contribution in [3.8, 4) is 5.75 Å². The van der Waals surface area contributed by atoms with Gasteiger partial charge in [0.05, 0.1) is 6.42 Å². The first kappa shape index (κ1) is 19.1. The fourth-order valence-electron chi connectivity index (χ4n) is 3.90. The summed E-state index contributed by atoms with van der Waals surface area (Å²) in [5, 5.41) is 9.42. The van der Waals surface area contributed by atoms with E-state index in [2.05, 4.69) is 9.97 Å². The van der Waals surface area contributed by atoms with E-state index >= 15 is 0 Å². The Labute approximate surface area is 160 Å². The van der Waals surface area contributed by atoms with Crippen LogP contribution in [0.2, 0.25) is 0 Å². The molecule has 0 bridgehead atoms. The van der Waals surface area contributed by atoms with Gasteiger partial charge in [-0.1, -0.05) is 12.1 Å². The molecule has 0 spiro atoms. The lowest BCUT2D eigenvalue weighted by Gasteiger charge is -2.36. The Bertz CT molecular complexity index is 781. The standard InChI is InChI=1S/C21H28N4O2/c1-14-19(15(2)24-21(22)23-14)13-20(27)25-12-4-3-5-17(25)9-6-16-7-10-18(26)11-8-16/h7-8,10-11,17,26H,3-6,9,12-13H2,1-2H3,(H2,22,23,24). The zero-order valence-electron chi connectivity index (χ0n) is 16.1. The number of aryl methyl sites for hydroxylation is 3. The largest absolute Gasteiger partial charge is 0.508 e. The first-order valence-corrected chi connectivity index (χ1v) is 9.61. The van der Waals surface area contributed by atoms with Gasteiger partial charge in [-0.05, 0) is 63.6 Å². The molecule has 27 heavy (non-hydrogen) atoms. The number of nitrogens with zero attached hydrogens (tertiary/aromatic N) is 3. The highest BCUT2D eigenvalue weighted by Gasteiger charge is 2.27. The van der Waals surface area contributed by atoms with Crippen LogP contribution in [0.1, 0.15) is 48.2 Å². The SMILES string of the molecule is Cc1nc(N)nc(C)c1CC(=O)N1CCCCC1CCc1ccc(O)cc1. The number of aromatic nitrogens is 2. The first-order chi connectivity index (χ1) is 12.9. The van der Waals surface area contributed by atoms with E-state index < -0.39 is 0 Å². The molecule has 144 valence electrons. The highest BCUT2D eigenvalue weighted by molar-refractivity contribution is 5.79. The van der Waals surface area contributed by atoms with Gasteiger partial charge in [-0.15, -0.1) is 0 Å². The fourth-order valence-corrected chi connectivity index (χ4v) is 3.90. The molecule has 2 heterocycles. The zero-order valence-corrected chi connectivity index (χ0v) is 16.1. The molecule has 1 aromatic heterocycles. The zero-order chi connectivity index (χ0) is 19.4. The van der Waals surface area contributed by atoms with E-state index in [9.17, 15) is 9.90 Å². The van der Waals surface area contributed by atoms with Gasteiger partial charge in [0.15, 0.2) is 0 Å². The van der Waals surface area contributed by atoms with Crippen LogP contribution in [0.25, 0.3) is 0 Å². The van der Waals surface area contributed by atoms with Crippen LogP contribution in [0.15, 0.2) is 24.3 Å². The average Bonchev–Trinajstić information content (AvgIpc) is 2.64. The number of carbonyl (C=O) groups is 1. The summed E-state index contributed by atoms with van der Waals surface area (Å²) in [6, 6.07) is 7.58. The molecule has 1 aromatic carbocycles. The number of phenols is 1. The van der Waals surface area contributed by atoms with E-state index in [4.69, 9.17) is 5.73 Å². The molecule has 1 fully saturated rings. The van der Waals surface area contributed by atoms with Crippen molar-refractivity contribution in [3.05, 3.63) is 46.8 Å². The molecule has 6 nitrogen and oxygen atoms in total. The molecule has 3 rings (SSSR count). The number of nitrogens with two attached hydrogens (primary N) is 1. The Morgan fingerprint density at radius 3 is 2.52 bits per heavy atom. The lowest BCUT2D eigenvalue weighted by atomic mass is 9.95. The van der Waals surface area contributed by atoms with Crippen LogP contribution < -0.4 is 5.73 Å². The minimum absolute atomic E-state index is 0.143. The number of hydrogen-bond acceptors (Lipinski definition) is 5. The molecular weight excluding hydrogens is 340 g/mol. The van der Waals surface area contributed by atoms with Gasteiger partial charge in [-0.25, -0.2) is 9.97 Å². The number of likely N-dealkylation sites (tertiary alicyclic amines) is 1. The van der Waals surface area contributed by atoms with E-state index in [1.807, 2.05) is 30.9 Å². The summed E-state index contributed by atoms with van der Waals surface area (Å²) < 4.78 is 0. The quantitative estimate of drug-likeness (QED) is 0.846. The van der Waals surface area contributed by atoms with Crippen LogP contribution in [0.3, 0.4) is 0 Å². The van der Waals surface area contributed by atoms with Crippen LogP contribution in [0, 0.1) is 13.8 Å². The molecule has 2 aromatic rings. The average molecular weight is 368 g/mol. The Morgan fingerprint density at radius 1 is 1.19 bits per heavy atom. The monoisotopic (exact) mass is 368 g/mol. The van der Waals surface area contributed by atoms with Gasteiger partial charge in [-0.3, -0.25) is 4.79 Å². The van der Waals surface area contributed by atoms with Gasteiger partial charge in [0.2, 0.25) is 11.9 Å². The Balaban J connectivity index is 1.67. The lowest BCUT2D eigenvalue weighted by Crippen LogP contribution is -2.44. The second kappa shape index (κ2) is 8.37. The second-order valence-corrected chi connectivity index (χ2v) is 7.35. The van der Waals surface area contributed by atoms with Gasteiger partial charge in [0.25, 0.3) is 0 Å². The number of phenolic OH excluding ortho intramolecular Hbond substituents is 1. The molecule has 0 radical (unpaired) electrons. The third-order valence-electron chi connectivity index (χ3n) is 5.42. The number of amides is 1. The van der Waals surface area contributed by atoms with E-state index in [-0.39, 0.29) is 23.6 Å². The van der Waals surface area contributed by atoms with Gasteiger partial charge in [-0.2, -0.15) is 0 Å². The van der Waals surface area contributed by atoms with Crippen LogP contribution in [0.5, 0.6) is 5.75 Å². The van der Waals surface area contributed by atoms with E-state index in [1.165, 1.54) is 5.56 Å². The van der Waals surface area contributed by atoms with Crippen molar-refractivity contribution in [2.45, 2.75) is 58.4 Å². The summed E-state index contributed by atoms with van der Waals surface area (Å²) in [4.78, 5) is 23.5. The summed E-state index contributed by atoms with van der Waals surface area (Å²) in [6.45, 7) is 4.57. The molecular formula is C21H28N4O2. The molecule has 0 aliphatic carbocycles. The topological polar surface area (TPSA) is 92.3 Å². The molecule has 1 atom stereocenters. The number of rotatable bonds is 5. The third-order valence-corrected chi connectivity index (χ3v) is 5.42. The first-order valence-electron chi connectivity index (χ1n) is 9.61. The summed E-state index contributed by atoms with van der Waals surface area (Å²) >= 11 is 0. The minimum Gasteiger partial charge on any atom is -0.508 e. The molecule has 1 amide bonds. The Kier molecular flexibility index (Phi) is 5.94. The summed E-state index contributed by atoms with van der Waals surface area (Å²) in [7, 11) is 0. The second-order valence-electron chi connectivity index (χ2n) is 7.35. The Morgan fingerprint density at radius 2 is 1.85 bits per heavy atom. The van der Waals surface area contributed by atoms with Crippen molar-refractivity contribution in [1.82, 2.24) is 14.9 Å². The molecule has 1 saturated heterocycles. The molecule has 1 unspecified atom stereocenters. The number of piperidine rings is 1. The van der Waals surface area contributed by atoms with Crippen LogP contribution in [-0.2, 0) is 17.6 Å². The summed E-state index contributed by atoms with van der Waals surface area (Å²) in [6.07, 6.45) is 5.42. The number of aromatic hydroxyl groups is 1. The highest BCUT2D eigenvalue weighted by Crippen LogP contribution is 2.24. The lowest BCUT2D eigenvalue weighted by molar-refractivity contribution is -0.134. The number of benzene rings is 1. The van der Waals surface area contributed by atoms with Crippen LogP contribution in [-0.4, -0.2) is 38.5 Å². The number of carbonyl (C=O) groups excluding carboxylic acids is 1. The Hall–Kier alpha value is -2.63. The number of nitrogen functional groups attached to an aromatic ring is 1. The van der Waals surface area contributed by atoms with E-state index in [0.29, 0.717) is 6.42 Å². The maximum Gasteiger partial charge on any atom is 0.227 e. The van der Waals surface area contributed by atoms with Crippen LogP contribution >= 0.6 is 0 Å². The van der Waals surface area contributed by atoms with Crippen molar-refractivity contribution in [2.24, 2.45) is 0 Å². The molecule has 1 aliphatic heterocycles. The molecule has 0 saturated carbocycles. The van der Waals surface area contributed by atoms with Crippen molar-refractivity contribution in [3.63, 3.8) is 0 Å². The minimum atomic E-state index is 0.143. The van der Waals surface area contributed by atoms with Crippen molar-refractivity contribution in [2.75, 3.05) is 12.3 Å². The molecule has 6 heteroatoms. The van der Waals surface area contributed by atoms with Crippen molar-refractivity contribution < 1.29 is 9.90 Å². The van der Waals surface area contributed by atoms with Crippen molar-refractivity contribution >= 4 is 11.9 Å². The predicted octanol–water partition coefficient (Wildman–Crippen LogP) is 2.94. The van der Waals surface area contributed by atoms with Crippen molar-refractivity contribution in [1.29, 1.82) is 0 Å². The molecule has 1 aliphatic rings. The van der Waals surface area contributed by atoms with Gasteiger partial charge in [0, 0.05) is 29.5 Å². The summed E-state index contributed by atoms with van der Waals surface area (Å²) in [5.74, 6) is 0.681. The van der Waals surface area contributed by atoms with Crippen LogP contribution in [0.4, 0.5) is 5.95 Å². The highest BCUT2D eigenvalue weighted by atomic mass is 16.3. The fraction of sp³-hybridized carbons (Fsp3) is 0.476. The maximum atomic E-state index is 13.0. The number of hydrogen-bond donors (Lipinski definition) is 2. The summed E-state index contributed by atoms with van der Waals surface area (Å²) in [5.41, 5.74) is 9.33. The predicted molar refractivity (Wildman–Crippen MR) is 105 cm³/mol. The maximum absolute atomic E-state index is 13.0. The van der Waals surface area contributed by atoms with Gasteiger partial charge < -0.3 is 15.7 Å². The third kappa shape index (κ3) is 4.76. The smallest absolute Gasteiger partial charge is 0.227 e. The van der Waals surface area contributed by atoms with Gasteiger partial charge >= 0.3 is 0 Å². The van der Waals surface area contributed by atoms with Gasteiger partial charge in [0.1, 0.15) is 5.75 Å². The van der Waals surface area contributed by atoms with E-state index in [0.717, 1.165) is 55.6 Å². The molecule has 3 N–H and O–H groups in total. The van der Waals surface area contributed by atoms with E-state index in [1.54, 1.807) is 12.1 Å². The number of anilines is 1.